The van der Waals surface area contributed by atoms with Crippen LogP contribution in [-0.2, 0) is 5.41 Å². The molecule has 0 radical (unpaired) electrons. The van der Waals surface area contributed by atoms with Crippen molar-refractivity contribution in [2.24, 2.45) is 0 Å². The highest BCUT2D eigenvalue weighted by Crippen LogP contribution is 2.57. The Bertz CT molecular complexity index is 2280. The van der Waals surface area contributed by atoms with Gasteiger partial charge in [-0.05, 0) is 69.8 Å². The van der Waals surface area contributed by atoms with Gasteiger partial charge in [0, 0.05) is 22.1 Å². The van der Waals surface area contributed by atoms with Crippen LogP contribution < -0.4 is 4.90 Å². The van der Waals surface area contributed by atoms with E-state index < -0.39 is 5.41 Å². The van der Waals surface area contributed by atoms with Crippen molar-refractivity contribution in [2.75, 3.05) is 4.90 Å². The summed E-state index contributed by atoms with van der Waals surface area (Å²) in [5.74, 6) is 0. The minimum absolute atomic E-state index is 0.474. The predicted molar refractivity (Wildman–Crippen MR) is 186 cm³/mol. The summed E-state index contributed by atoms with van der Waals surface area (Å²) in [6, 6.07) is 63.2. The Morgan fingerprint density at radius 3 is 1.78 bits per heavy atom. The maximum Gasteiger partial charge on any atom is 0.159 e. The molecule has 0 fully saturated rings. The number of furan rings is 1. The highest BCUT2D eigenvalue weighted by atomic mass is 16.3. The third-order valence-corrected chi connectivity index (χ3v) is 9.34. The zero-order valence-electron chi connectivity index (χ0n) is 24.6. The first kappa shape index (κ1) is 25.6. The lowest BCUT2D eigenvalue weighted by Gasteiger charge is -2.34. The van der Waals surface area contributed by atoms with Gasteiger partial charge in [0.1, 0.15) is 5.58 Å². The van der Waals surface area contributed by atoms with Crippen LogP contribution in [0.1, 0.15) is 22.3 Å². The highest BCUT2D eigenvalue weighted by molar-refractivity contribution is 6.10. The molecule has 1 heterocycles. The molecule has 1 aliphatic carbocycles. The first-order valence-electron chi connectivity index (χ1n) is 15.4. The lowest BCUT2D eigenvalue weighted by molar-refractivity contribution is 0.669. The molecule has 7 aromatic carbocycles. The fraction of sp³-hybridized carbons (Fsp3) is 0.0233. The standard InChI is InChI=1S/C43H29NO/c1-4-15-30(16-5-1)43(31-17-6-2-7-18-31)38-24-12-10-21-34(38)35-28-27-33(29-39(35)43)44(32-19-8-3-9-20-32)40-25-14-23-37-36-22-11-13-26-41(36)45-42(37)40/h1-29H. The van der Waals surface area contributed by atoms with Crippen LogP contribution in [0.25, 0.3) is 33.1 Å². The monoisotopic (exact) mass is 575 g/mol. The van der Waals surface area contributed by atoms with Crippen LogP contribution in [0.2, 0.25) is 0 Å². The average molecular weight is 576 g/mol. The number of benzene rings is 7. The van der Waals surface area contributed by atoms with E-state index in [1.54, 1.807) is 0 Å². The summed E-state index contributed by atoms with van der Waals surface area (Å²) < 4.78 is 6.59. The normalized spacial score (nSPS) is 13.1. The molecule has 212 valence electrons. The molecule has 2 heteroatoms. The summed E-state index contributed by atoms with van der Waals surface area (Å²) in [7, 11) is 0. The number of anilines is 3. The molecule has 45 heavy (non-hydrogen) atoms. The van der Waals surface area contributed by atoms with Crippen LogP contribution in [0.3, 0.4) is 0 Å². The van der Waals surface area contributed by atoms with E-state index in [0.29, 0.717) is 0 Å². The molecule has 9 rings (SSSR count). The average Bonchev–Trinajstić information content (AvgIpc) is 3.64. The smallest absolute Gasteiger partial charge is 0.159 e. The minimum Gasteiger partial charge on any atom is -0.454 e. The Morgan fingerprint density at radius 2 is 1.02 bits per heavy atom. The van der Waals surface area contributed by atoms with E-state index in [1.807, 2.05) is 12.1 Å². The second-order valence-electron chi connectivity index (χ2n) is 11.7. The largest absolute Gasteiger partial charge is 0.454 e. The van der Waals surface area contributed by atoms with E-state index in [0.717, 1.165) is 39.0 Å². The van der Waals surface area contributed by atoms with E-state index in [-0.39, 0.29) is 0 Å². The van der Waals surface area contributed by atoms with Crippen molar-refractivity contribution in [1.82, 2.24) is 0 Å². The highest BCUT2D eigenvalue weighted by Gasteiger charge is 2.46. The van der Waals surface area contributed by atoms with Crippen LogP contribution >= 0.6 is 0 Å². The third kappa shape index (κ3) is 3.76. The molecular weight excluding hydrogens is 546 g/mol. The fourth-order valence-corrected chi connectivity index (χ4v) is 7.48. The molecule has 0 amide bonds. The Kier molecular flexibility index (Phi) is 5.76. The van der Waals surface area contributed by atoms with Crippen molar-refractivity contribution in [3.63, 3.8) is 0 Å². The maximum atomic E-state index is 6.59. The molecule has 0 saturated carbocycles. The van der Waals surface area contributed by atoms with Crippen molar-refractivity contribution in [1.29, 1.82) is 0 Å². The van der Waals surface area contributed by atoms with Gasteiger partial charge in [-0.3, -0.25) is 0 Å². The van der Waals surface area contributed by atoms with Gasteiger partial charge in [0.25, 0.3) is 0 Å². The number of hydrogen-bond donors (Lipinski definition) is 0. The lowest BCUT2D eigenvalue weighted by atomic mass is 9.67. The first-order valence-corrected chi connectivity index (χ1v) is 15.4. The third-order valence-electron chi connectivity index (χ3n) is 9.34. The Labute approximate surface area is 262 Å². The summed E-state index contributed by atoms with van der Waals surface area (Å²) in [5.41, 5.74) is 12.1. The van der Waals surface area contributed by atoms with Crippen molar-refractivity contribution >= 4 is 39.0 Å². The summed E-state index contributed by atoms with van der Waals surface area (Å²) in [6.45, 7) is 0. The molecule has 0 saturated heterocycles. The van der Waals surface area contributed by atoms with E-state index in [2.05, 4.69) is 169 Å². The van der Waals surface area contributed by atoms with Crippen molar-refractivity contribution in [2.45, 2.75) is 5.41 Å². The number of rotatable bonds is 5. The molecule has 0 aliphatic heterocycles. The van der Waals surface area contributed by atoms with E-state index in [9.17, 15) is 0 Å². The van der Waals surface area contributed by atoms with Gasteiger partial charge in [-0.2, -0.15) is 0 Å². The second-order valence-corrected chi connectivity index (χ2v) is 11.7. The van der Waals surface area contributed by atoms with Gasteiger partial charge in [-0.25, -0.2) is 0 Å². The Hall–Kier alpha value is -5.86. The molecule has 1 aliphatic rings. The molecule has 0 N–H and O–H groups in total. The second kappa shape index (κ2) is 10.1. The van der Waals surface area contributed by atoms with Gasteiger partial charge in [0.2, 0.25) is 0 Å². The van der Waals surface area contributed by atoms with Gasteiger partial charge in [-0.15, -0.1) is 0 Å². The number of hydrogen-bond acceptors (Lipinski definition) is 2. The molecule has 0 spiro atoms. The van der Waals surface area contributed by atoms with Gasteiger partial charge in [-0.1, -0.05) is 140 Å². The zero-order chi connectivity index (χ0) is 29.8. The van der Waals surface area contributed by atoms with Crippen LogP contribution in [0, 0.1) is 0 Å². The van der Waals surface area contributed by atoms with Gasteiger partial charge in [0.15, 0.2) is 5.58 Å². The SMILES string of the molecule is c1ccc(N(c2ccc3c(c2)C(c2ccccc2)(c2ccccc2)c2ccccc2-3)c2cccc3c2oc2ccccc23)cc1. The molecule has 0 bridgehead atoms. The number of nitrogens with zero attached hydrogens (tertiary/aromatic N) is 1. The summed E-state index contributed by atoms with van der Waals surface area (Å²) in [5, 5.41) is 2.24. The maximum absolute atomic E-state index is 6.59. The number of fused-ring (bicyclic) bond motifs is 6. The summed E-state index contributed by atoms with van der Waals surface area (Å²) in [6.07, 6.45) is 0. The van der Waals surface area contributed by atoms with Gasteiger partial charge < -0.3 is 9.32 Å². The molecular formula is C43H29NO. The van der Waals surface area contributed by atoms with Crippen LogP contribution in [0.4, 0.5) is 17.1 Å². The van der Waals surface area contributed by atoms with Crippen LogP contribution in [-0.4, -0.2) is 0 Å². The zero-order valence-corrected chi connectivity index (χ0v) is 24.6. The quantitative estimate of drug-likeness (QED) is 0.203. The molecule has 0 atom stereocenters. The predicted octanol–water partition coefficient (Wildman–Crippen LogP) is 11.4. The van der Waals surface area contributed by atoms with Crippen LogP contribution in [0.15, 0.2) is 180 Å². The fourth-order valence-electron chi connectivity index (χ4n) is 7.48. The molecule has 8 aromatic rings. The minimum atomic E-state index is -0.474. The topological polar surface area (TPSA) is 16.4 Å². The molecule has 2 nitrogen and oxygen atoms in total. The van der Waals surface area contributed by atoms with Gasteiger partial charge in [0.05, 0.1) is 11.1 Å². The summed E-state index contributed by atoms with van der Waals surface area (Å²) in [4.78, 5) is 2.34. The Balaban J connectivity index is 1.36. The van der Waals surface area contributed by atoms with Crippen molar-refractivity contribution in [3.8, 4) is 11.1 Å². The molecule has 0 unspecified atom stereocenters. The van der Waals surface area contributed by atoms with Crippen molar-refractivity contribution < 1.29 is 4.42 Å². The Morgan fingerprint density at radius 1 is 0.422 bits per heavy atom. The van der Waals surface area contributed by atoms with Gasteiger partial charge >= 0.3 is 0 Å². The van der Waals surface area contributed by atoms with E-state index in [1.165, 1.54) is 33.4 Å². The van der Waals surface area contributed by atoms with Crippen molar-refractivity contribution in [3.05, 3.63) is 198 Å². The number of para-hydroxylation sites is 3. The first-order chi connectivity index (χ1) is 22.3. The summed E-state index contributed by atoms with van der Waals surface area (Å²) >= 11 is 0. The van der Waals surface area contributed by atoms with E-state index in [4.69, 9.17) is 4.42 Å². The van der Waals surface area contributed by atoms with E-state index >= 15 is 0 Å². The van der Waals surface area contributed by atoms with Crippen LogP contribution in [0.5, 0.6) is 0 Å². The molecule has 1 aromatic heterocycles. The lowest BCUT2D eigenvalue weighted by Crippen LogP contribution is -2.28.